The van der Waals surface area contributed by atoms with Crippen LogP contribution in [-0.4, -0.2) is 4.98 Å². The van der Waals surface area contributed by atoms with Gasteiger partial charge in [0.15, 0.2) is 17.5 Å². The van der Waals surface area contributed by atoms with Gasteiger partial charge in [0, 0.05) is 0 Å². The summed E-state index contributed by atoms with van der Waals surface area (Å²) < 4.78 is 39.3. The Morgan fingerprint density at radius 1 is 1.13 bits per heavy atom. The summed E-state index contributed by atoms with van der Waals surface area (Å²) in [5.74, 6) is -3.93. The summed E-state index contributed by atoms with van der Waals surface area (Å²) in [6, 6.07) is 3.30. The van der Waals surface area contributed by atoms with E-state index in [1.54, 1.807) is 17.5 Å². The molecule has 0 aliphatic heterocycles. The van der Waals surface area contributed by atoms with Gasteiger partial charge in [0.1, 0.15) is 5.69 Å². The maximum atomic E-state index is 13.3. The fourth-order valence-electron chi connectivity index (χ4n) is 1.20. The van der Waals surface area contributed by atoms with Gasteiger partial charge in [0.25, 0.3) is 0 Å². The van der Waals surface area contributed by atoms with Crippen LogP contribution in [0.5, 0.6) is 0 Å². The minimum Gasteiger partial charge on any atom is -0.246 e. The summed E-state index contributed by atoms with van der Waals surface area (Å²) in [6.45, 7) is 1.30. The molecule has 2 aromatic rings. The molecular weight excluding hydrogens is 223 g/mol. The number of nitrogens with zero attached hydrogens (tertiary/aromatic N) is 1. The first-order valence-electron chi connectivity index (χ1n) is 4.16. The number of thiophene rings is 1. The number of hydrogen-bond acceptors (Lipinski definition) is 2. The van der Waals surface area contributed by atoms with Crippen LogP contribution in [0.1, 0.15) is 5.69 Å². The predicted molar refractivity (Wildman–Crippen MR) is 52.2 cm³/mol. The molecule has 0 radical (unpaired) electrons. The van der Waals surface area contributed by atoms with E-state index in [2.05, 4.69) is 4.98 Å². The Hall–Kier alpha value is -1.36. The number of aryl methyl sites for hydroxylation is 1. The average Bonchev–Trinajstić information content (AvgIpc) is 2.73. The Morgan fingerprint density at radius 2 is 1.87 bits per heavy atom. The molecule has 0 unspecified atom stereocenters. The molecule has 15 heavy (non-hydrogen) atoms. The van der Waals surface area contributed by atoms with Gasteiger partial charge in [-0.2, -0.15) is 0 Å². The van der Waals surface area contributed by atoms with Crippen molar-refractivity contribution in [2.24, 2.45) is 0 Å². The van der Waals surface area contributed by atoms with Crippen molar-refractivity contribution >= 4 is 11.3 Å². The van der Waals surface area contributed by atoms with Gasteiger partial charge < -0.3 is 0 Å². The molecule has 0 aliphatic rings. The van der Waals surface area contributed by atoms with Crippen molar-refractivity contribution in [1.29, 1.82) is 0 Å². The van der Waals surface area contributed by atoms with Gasteiger partial charge in [-0.05, 0) is 18.4 Å². The summed E-state index contributed by atoms with van der Waals surface area (Å²) in [5, 5.41) is 1.72. The second-order valence-corrected chi connectivity index (χ2v) is 3.91. The molecule has 2 heterocycles. The normalized spacial score (nSPS) is 10.7. The van der Waals surface area contributed by atoms with Gasteiger partial charge >= 0.3 is 0 Å². The third-order valence-corrected chi connectivity index (χ3v) is 2.82. The summed E-state index contributed by atoms with van der Waals surface area (Å²) in [5.41, 5.74) is -0.279. The Balaban J connectivity index is 2.69. The summed E-state index contributed by atoms with van der Waals surface area (Å²) in [7, 11) is 0. The van der Waals surface area contributed by atoms with E-state index in [1.807, 2.05) is 0 Å². The molecule has 0 spiro atoms. The van der Waals surface area contributed by atoms with Gasteiger partial charge in [-0.3, -0.25) is 0 Å². The van der Waals surface area contributed by atoms with E-state index in [0.29, 0.717) is 4.88 Å². The van der Waals surface area contributed by atoms with Crippen LogP contribution in [0.15, 0.2) is 17.5 Å². The molecule has 0 saturated carbocycles. The van der Waals surface area contributed by atoms with Crippen LogP contribution in [0, 0.1) is 24.4 Å². The van der Waals surface area contributed by atoms with E-state index in [4.69, 9.17) is 0 Å². The summed E-state index contributed by atoms with van der Waals surface area (Å²) >= 11 is 1.22. The number of hydrogen-bond donors (Lipinski definition) is 0. The lowest BCUT2D eigenvalue weighted by molar-refractivity contribution is 0.438. The van der Waals surface area contributed by atoms with Crippen LogP contribution in [-0.2, 0) is 0 Å². The van der Waals surface area contributed by atoms with Gasteiger partial charge in [-0.1, -0.05) is 6.07 Å². The average molecular weight is 229 g/mol. The zero-order valence-electron chi connectivity index (χ0n) is 7.72. The zero-order chi connectivity index (χ0) is 11.0. The van der Waals surface area contributed by atoms with E-state index < -0.39 is 17.5 Å². The second-order valence-electron chi connectivity index (χ2n) is 2.97. The maximum Gasteiger partial charge on any atom is 0.198 e. The lowest BCUT2D eigenvalue weighted by atomic mass is 10.2. The molecule has 1 nitrogen and oxygen atoms in total. The topological polar surface area (TPSA) is 12.9 Å². The third kappa shape index (κ3) is 1.63. The fraction of sp³-hybridized carbons (Fsp3) is 0.100. The number of halogens is 3. The van der Waals surface area contributed by atoms with Crippen LogP contribution in [0.3, 0.4) is 0 Å². The Bertz CT molecular complexity index is 494. The highest BCUT2D eigenvalue weighted by Crippen LogP contribution is 2.28. The molecular formula is C10H6F3NS. The molecule has 0 saturated heterocycles. The molecule has 78 valence electrons. The van der Waals surface area contributed by atoms with Crippen molar-refractivity contribution < 1.29 is 13.2 Å². The maximum absolute atomic E-state index is 13.3. The first-order valence-corrected chi connectivity index (χ1v) is 5.04. The molecule has 0 amide bonds. The van der Waals surface area contributed by atoms with E-state index in [0.717, 1.165) is 0 Å². The van der Waals surface area contributed by atoms with Crippen molar-refractivity contribution in [2.75, 3.05) is 0 Å². The van der Waals surface area contributed by atoms with Crippen LogP contribution in [0.25, 0.3) is 10.6 Å². The minimum absolute atomic E-state index is 0.138. The lowest BCUT2D eigenvalue weighted by Gasteiger charge is -2.04. The van der Waals surface area contributed by atoms with Crippen LogP contribution >= 0.6 is 11.3 Å². The predicted octanol–water partition coefficient (Wildman–Crippen LogP) is 3.54. The first kappa shape index (κ1) is 10.2. The second kappa shape index (κ2) is 3.66. The Kier molecular flexibility index (Phi) is 2.48. The molecule has 0 atom stereocenters. The Labute approximate surface area is 88.2 Å². The fourth-order valence-corrected chi connectivity index (χ4v) is 1.91. The van der Waals surface area contributed by atoms with Gasteiger partial charge in [0.05, 0.1) is 10.6 Å². The molecule has 0 fully saturated rings. The van der Waals surface area contributed by atoms with Crippen molar-refractivity contribution in [2.45, 2.75) is 6.92 Å². The summed E-state index contributed by atoms with van der Waals surface area (Å²) in [4.78, 5) is 4.18. The van der Waals surface area contributed by atoms with Crippen LogP contribution < -0.4 is 0 Å². The molecule has 2 aromatic heterocycles. The number of rotatable bonds is 1. The number of pyridine rings is 1. The molecule has 2 rings (SSSR count). The molecule has 0 aliphatic carbocycles. The lowest BCUT2D eigenvalue weighted by Crippen LogP contribution is -2.01. The Morgan fingerprint density at radius 3 is 2.47 bits per heavy atom. The van der Waals surface area contributed by atoms with Crippen molar-refractivity contribution in [1.82, 2.24) is 4.98 Å². The highest BCUT2D eigenvalue weighted by molar-refractivity contribution is 7.13. The monoisotopic (exact) mass is 229 g/mol. The van der Waals surface area contributed by atoms with Crippen LogP contribution in [0.2, 0.25) is 0 Å². The minimum atomic E-state index is -1.47. The van der Waals surface area contributed by atoms with Crippen LogP contribution in [0.4, 0.5) is 13.2 Å². The summed E-state index contributed by atoms with van der Waals surface area (Å²) in [6.07, 6.45) is 0. The van der Waals surface area contributed by atoms with Crippen molar-refractivity contribution in [3.63, 3.8) is 0 Å². The standard InChI is InChI=1S/C10H6F3NS/c1-5-7(11)8(12)9(13)10(14-5)6-3-2-4-15-6/h2-4H,1H3. The SMILES string of the molecule is Cc1nc(-c2cccs2)c(F)c(F)c1F. The highest BCUT2D eigenvalue weighted by Gasteiger charge is 2.19. The molecule has 0 N–H and O–H groups in total. The van der Waals surface area contributed by atoms with E-state index in [9.17, 15) is 13.2 Å². The molecule has 0 aromatic carbocycles. The van der Waals surface area contributed by atoms with Gasteiger partial charge in [0.2, 0.25) is 0 Å². The third-order valence-electron chi connectivity index (χ3n) is 1.95. The van der Waals surface area contributed by atoms with E-state index in [1.165, 1.54) is 18.3 Å². The molecule has 0 bridgehead atoms. The van der Waals surface area contributed by atoms with E-state index in [-0.39, 0.29) is 11.4 Å². The number of aromatic nitrogens is 1. The van der Waals surface area contributed by atoms with E-state index >= 15 is 0 Å². The molecule has 5 heteroatoms. The largest absolute Gasteiger partial charge is 0.246 e. The quantitative estimate of drug-likeness (QED) is 0.728. The smallest absolute Gasteiger partial charge is 0.198 e. The van der Waals surface area contributed by atoms with Crippen molar-refractivity contribution in [3.05, 3.63) is 40.7 Å². The van der Waals surface area contributed by atoms with Crippen molar-refractivity contribution in [3.8, 4) is 10.6 Å². The van der Waals surface area contributed by atoms with Gasteiger partial charge in [-0.25, -0.2) is 18.2 Å². The zero-order valence-corrected chi connectivity index (χ0v) is 8.54. The first-order chi connectivity index (χ1) is 7.11. The highest BCUT2D eigenvalue weighted by atomic mass is 32.1. The van der Waals surface area contributed by atoms with Gasteiger partial charge in [-0.15, -0.1) is 11.3 Å².